The molecule has 0 aliphatic carbocycles. The van der Waals surface area contributed by atoms with Crippen molar-refractivity contribution in [3.63, 3.8) is 0 Å². The lowest BCUT2D eigenvalue weighted by Crippen LogP contribution is -2.18. The van der Waals surface area contributed by atoms with Gasteiger partial charge in [0.25, 0.3) is 0 Å². The Kier molecular flexibility index (Phi) is 4.12. The molecule has 0 aliphatic rings. The van der Waals surface area contributed by atoms with Crippen LogP contribution in [-0.4, -0.2) is 12.0 Å². The molecule has 0 atom stereocenters. The molecule has 0 saturated carbocycles. The van der Waals surface area contributed by atoms with Gasteiger partial charge in [-0.3, -0.25) is 4.98 Å². The molecule has 0 aliphatic heterocycles. The van der Waals surface area contributed by atoms with E-state index in [4.69, 9.17) is 5.73 Å². The zero-order valence-corrected chi connectivity index (χ0v) is 11.2. The molecule has 1 aromatic heterocycles. The number of hydrogen-bond donors (Lipinski definition) is 1. The lowest BCUT2D eigenvalue weighted by Gasteiger charge is -2.20. The van der Waals surface area contributed by atoms with Gasteiger partial charge in [-0.05, 0) is 42.8 Å². The zero-order valence-electron chi connectivity index (χ0n) is 11.2. The molecular formula is C15H18FN3. The highest BCUT2D eigenvalue weighted by molar-refractivity contribution is 5.48. The van der Waals surface area contributed by atoms with Crippen molar-refractivity contribution in [2.75, 3.05) is 11.9 Å². The molecule has 2 rings (SSSR count). The Labute approximate surface area is 112 Å². The maximum atomic E-state index is 13.5. The molecule has 0 saturated heterocycles. The summed E-state index contributed by atoms with van der Waals surface area (Å²) in [7, 11) is 1.92. The largest absolute Gasteiger partial charge is 0.369 e. The first kappa shape index (κ1) is 13.5. The fraction of sp³-hybridized carbons (Fsp3) is 0.267. The fourth-order valence-corrected chi connectivity index (χ4v) is 1.99. The van der Waals surface area contributed by atoms with Crippen molar-refractivity contribution >= 4 is 5.69 Å². The number of aryl methyl sites for hydroxylation is 1. The minimum Gasteiger partial charge on any atom is -0.369 e. The second-order valence-electron chi connectivity index (χ2n) is 4.65. The van der Waals surface area contributed by atoms with E-state index in [0.29, 0.717) is 13.1 Å². The first-order valence-electron chi connectivity index (χ1n) is 6.21. The SMILES string of the molecule is Cc1cccc(CN(C)c2cc(F)cc(CN)c2)n1. The predicted octanol–water partition coefficient (Wildman–Crippen LogP) is 2.62. The number of rotatable bonds is 4. The Bertz CT molecular complexity index is 569. The van der Waals surface area contributed by atoms with Crippen molar-refractivity contribution in [1.82, 2.24) is 4.98 Å². The van der Waals surface area contributed by atoms with Crippen LogP contribution in [0.2, 0.25) is 0 Å². The van der Waals surface area contributed by atoms with Gasteiger partial charge >= 0.3 is 0 Å². The van der Waals surface area contributed by atoms with E-state index in [2.05, 4.69) is 4.98 Å². The minimum atomic E-state index is -0.262. The standard InChI is InChI=1S/C15H18FN3/c1-11-4-3-5-14(18-11)10-19(2)15-7-12(9-17)6-13(16)8-15/h3-8H,9-10,17H2,1-2H3. The molecule has 2 N–H and O–H groups in total. The lowest BCUT2D eigenvalue weighted by atomic mass is 10.1. The molecule has 0 spiro atoms. The maximum absolute atomic E-state index is 13.5. The molecule has 0 amide bonds. The first-order valence-corrected chi connectivity index (χ1v) is 6.21. The third kappa shape index (κ3) is 3.51. The van der Waals surface area contributed by atoms with Crippen LogP contribution in [0, 0.1) is 12.7 Å². The third-order valence-electron chi connectivity index (χ3n) is 2.96. The van der Waals surface area contributed by atoms with Crippen molar-refractivity contribution in [2.45, 2.75) is 20.0 Å². The van der Waals surface area contributed by atoms with Crippen LogP contribution in [0.1, 0.15) is 17.0 Å². The fourth-order valence-electron chi connectivity index (χ4n) is 1.99. The molecule has 1 aromatic carbocycles. The lowest BCUT2D eigenvalue weighted by molar-refractivity contribution is 0.624. The molecule has 2 aromatic rings. The van der Waals surface area contributed by atoms with Gasteiger partial charge in [-0.2, -0.15) is 0 Å². The van der Waals surface area contributed by atoms with Crippen molar-refractivity contribution in [3.8, 4) is 0 Å². The molecule has 4 heteroatoms. The molecular weight excluding hydrogens is 241 g/mol. The number of benzene rings is 1. The van der Waals surface area contributed by atoms with Crippen molar-refractivity contribution in [3.05, 3.63) is 59.2 Å². The summed E-state index contributed by atoms with van der Waals surface area (Å²) in [4.78, 5) is 6.41. The molecule has 100 valence electrons. The van der Waals surface area contributed by atoms with Gasteiger partial charge < -0.3 is 10.6 Å². The summed E-state index contributed by atoms with van der Waals surface area (Å²) in [6.45, 7) is 2.93. The van der Waals surface area contributed by atoms with Gasteiger partial charge in [0.15, 0.2) is 0 Å². The second-order valence-corrected chi connectivity index (χ2v) is 4.65. The molecule has 0 radical (unpaired) electrons. The van der Waals surface area contributed by atoms with Crippen LogP contribution in [0.15, 0.2) is 36.4 Å². The highest BCUT2D eigenvalue weighted by atomic mass is 19.1. The molecule has 0 bridgehead atoms. The van der Waals surface area contributed by atoms with Crippen molar-refractivity contribution < 1.29 is 4.39 Å². The summed E-state index contributed by atoms with van der Waals surface area (Å²) < 4.78 is 13.5. The topological polar surface area (TPSA) is 42.1 Å². The van der Waals surface area contributed by atoms with E-state index in [1.165, 1.54) is 12.1 Å². The molecule has 1 heterocycles. The average Bonchev–Trinajstić information content (AvgIpc) is 2.38. The summed E-state index contributed by atoms with van der Waals surface area (Å²) in [5, 5.41) is 0. The Hall–Kier alpha value is -1.94. The normalized spacial score (nSPS) is 10.5. The summed E-state index contributed by atoms with van der Waals surface area (Å²) in [5.41, 5.74) is 9.10. The highest BCUT2D eigenvalue weighted by Gasteiger charge is 2.06. The van der Waals surface area contributed by atoms with E-state index in [9.17, 15) is 4.39 Å². The Morgan fingerprint density at radius 2 is 2.05 bits per heavy atom. The van der Waals surface area contributed by atoms with E-state index in [0.717, 1.165) is 22.6 Å². The smallest absolute Gasteiger partial charge is 0.125 e. The second kappa shape index (κ2) is 5.80. The zero-order chi connectivity index (χ0) is 13.8. The summed E-state index contributed by atoms with van der Waals surface area (Å²) >= 11 is 0. The minimum absolute atomic E-state index is 0.262. The predicted molar refractivity (Wildman–Crippen MR) is 75.4 cm³/mol. The monoisotopic (exact) mass is 259 g/mol. The van der Waals surface area contributed by atoms with Gasteiger partial charge in [0.05, 0.1) is 12.2 Å². The molecule has 0 fully saturated rings. The molecule has 0 unspecified atom stereocenters. The van der Waals surface area contributed by atoms with Crippen LogP contribution in [0.4, 0.5) is 10.1 Å². The number of pyridine rings is 1. The Morgan fingerprint density at radius 3 is 2.74 bits per heavy atom. The average molecular weight is 259 g/mol. The van der Waals surface area contributed by atoms with Gasteiger partial charge in [-0.15, -0.1) is 0 Å². The van der Waals surface area contributed by atoms with E-state index in [-0.39, 0.29) is 5.82 Å². The van der Waals surface area contributed by atoms with Gasteiger partial charge in [-0.1, -0.05) is 6.07 Å². The maximum Gasteiger partial charge on any atom is 0.125 e. The van der Waals surface area contributed by atoms with Crippen LogP contribution in [0.5, 0.6) is 0 Å². The van der Waals surface area contributed by atoms with Crippen LogP contribution in [0.3, 0.4) is 0 Å². The van der Waals surface area contributed by atoms with E-state index in [1.807, 2.05) is 43.1 Å². The van der Waals surface area contributed by atoms with Crippen LogP contribution in [0.25, 0.3) is 0 Å². The van der Waals surface area contributed by atoms with Crippen LogP contribution >= 0.6 is 0 Å². The van der Waals surface area contributed by atoms with E-state index >= 15 is 0 Å². The Morgan fingerprint density at radius 1 is 1.26 bits per heavy atom. The number of halogens is 1. The van der Waals surface area contributed by atoms with Gasteiger partial charge in [-0.25, -0.2) is 4.39 Å². The number of hydrogen-bond acceptors (Lipinski definition) is 3. The third-order valence-corrected chi connectivity index (χ3v) is 2.96. The Balaban J connectivity index is 2.20. The highest BCUT2D eigenvalue weighted by Crippen LogP contribution is 2.19. The summed E-state index contributed by atoms with van der Waals surface area (Å²) in [6.07, 6.45) is 0. The van der Waals surface area contributed by atoms with Crippen LogP contribution in [-0.2, 0) is 13.1 Å². The van der Waals surface area contributed by atoms with Crippen molar-refractivity contribution in [2.24, 2.45) is 5.73 Å². The number of nitrogens with two attached hydrogens (primary N) is 1. The van der Waals surface area contributed by atoms with Gasteiger partial charge in [0, 0.05) is 25.0 Å². The van der Waals surface area contributed by atoms with E-state index < -0.39 is 0 Å². The van der Waals surface area contributed by atoms with Gasteiger partial charge in [0.1, 0.15) is 5.82 Å². The van der Waals surface area contributed by atoms with Crippen LogP contribution < -0.4 is 10.6 Å². The number of aromatic nitrogens is 1. The van der Waals surface area contributed by atoms with Crippen molar-refractivity contribution in [1.29, 1.82) is 0 Å². The first-order chi connectivity index (χ1) is 9.08. The van der Waals surface area contributed by atoms with Gasteiger partial charge in [0.2, 0.25) is 0 Å². The number of nitrogens with zero attached hydrogens (tertiary/aromatic N) is 2. The summed E-state index contributed by atoms with van der Waals surface area (Å²) in [5.74, 6) is -0.262. The summed E-state index contributed by atoms with van der Waals surface area (Å²) in [6, 6.07) is 10.8. The molecule has 3 nitrogen and oxygen atoms in total. The van der Waals surface area contributed by atoms with E-state index in [1.54, 1.807) is 0 Å². The quantitative estimate of drug-likeness (QED) is 0.917. The number of anilines is 1. The molecule has 19 heavy (non-hydrogen) atoms.